The SMILES string of the molecule is CCOC(=O)c1cc2n(n1)Cc1ccccc1NC2. The highest BCUT2D eigenvalue weighted by Crippen LogP contribution is 2.22. The monoisotopic (exact) mass is 257 g/mol. The fourth-order valence-corrected chi connectivity index (χ4v) is 2.22. The van der Waals surface area contributed by atoms with Gasteiger partial charge in [-0.3, -0.25) is 4.68 Å². The zero-order valence-corrected chi connectivity index (χ0v) is 10.7. The number of aromatic nitrogens is 2. The van der Waals surface area contributed by atoms with E-state index in [2.05, 4.69) is 16.5 Å². The van der Waals surface area contributed by atoms with E-state index in [1.807, 2.05) is 22.9 Å². The number of ether oxygens (including phenoxy) is 1. The Bertz CT molecular complexity index is 619. The van der Waals surface area contributed by atoms with Gasteiger partial charge < -0.3 is 10.1 Å². The van der Waals surface area contributed by atoms with Gasteiger partial charge in [-0.25, -0.2) is 4.79 Å². The predicted molar refractivity (Wildman–Crippen MR) is 71.1 cm³/mol. The highest BCUT2D eigenvalue weighted by molar-refractivity contribution is 5.87. The molecular formula is C14H15N3O2. The van der Waals surface area contributed by atoms with Gasteiger partial charge in [0.05, 0.1) is 25.4 Å². The number of hydrogen-bond donors (Lipinski definition) is 1. The van der Waals surface area contributed by atoms with E-state index in [-0.39, 0.29) is 5.97 Å². The highest BCUT2D eigenvalue weighted by Gasteiger charge is 2.18. The number of rotatable bonds is 2. The number of carbonyl (C=O) groups excluding carboxylic acids is 1. The molecule has 2 heterocycles. The van der Waals surface area contributed by atoms with Crippen molar-refractivity contribution < 1.29 is 9.53 Å². The molecule has 1 N–H and O–H groups in total. The Hall–Kier alpha value is -2.30. The molecule has 3 rings (SSSR count). The molecule has 0 radical (unpaired) electrons. The second kappa shape index (κ2) is 4.76. The molecule has 1 aromatic carbocycles. The fraction of sp³-hybridized carbons (Fsp3) is 0.286. The van der Waals surface area contributed by atoms with Gasteiger partial charge in [0.15, 0.2) is 5.69 Å². The Morgan fingerprint density at radius 3 is 3.16 bits per heavy atom. The van der Waals surface area contributed by atoms with Crippen LogP contribution in [0.25, 0.3) is 0 Å². The van der Waals surface area contributed by atoms with E-state index in [4.69, 9.17) is 4.74 Å². The third kappa shape index (κ3) is 2.19. The largest absolute Gasteiger partial charge is 0.461 e. The molecule has 0 saturated carbocycles. The van der Waals surface area contributed by atoms with Crippen LogP contribution in [0.1, 0.15) is 28.7 Å². The van der Waals surface area contributed by atoms with Crippen LogP contribution in [0.4, 0.5) is 5.69 Å². The summed E-state index contributed by atoms with van der Waals surface area (Å²) in [5.41, 5.74) is 3.64. The van der Waals surface area contributed by atoms with Crippen LogP contribution in [-0.2, 0) is 17.8 Å². The molecule has 0 spiro atoms. The van der Waals surface area contributed by atoms with Crippen molar-refractivity contribution in [3.63, 3.8) is 0 Å². The first-order valence-corrected chi connectivity index (χ1v) is 6.33. The summed E-state index contributed by atoms with van der Waals surface area (Å²) < 4.78 is 6.82. The molecule has 0 saturated heterocycles. The van der Waals surface area contributed by atoms with E-state index < -0.39 is 0 Å². The maximum atomic E-state index is 11.7. The van der Waals surface area contributed by atoms with E-state index >= 15 is 0 Å². The highest BCUT2D eigenvalue weighted by atomic mass is 16.5. The Balaban J connectivity index is 1.92. The summed E-state index contributed by atoms with van der Waals surface area (Å²) in [5.74, 6) is -0.364. The molecule has 1 aliphatic heterocycles. The maximum Gasteiger partial charge on any atom is 0.358 e. The molecule has 19 heavy (non-hydrogen) atoms. The summed E-state index contributed by atoms with van der Waals surface area (Å²) in [6.45, 7) is 3.47. The number of nitrogens with zero attached hydrogens (tertiary/aromatic N) is 2. The zero-order valence-electron chi connectivity index (χ0n) is 10.7. The van der Waals surface area contributed by atoms with Gasteiger partial charge in [0.25, 0.3) is 0 Å². The van der Waals surface area contributed by atoms with Gasteiger partial charge in [-0.1, -0.05) is 18.2 Å². The van der Waals surface area contributed by atoms with Gasteiger partial charge in [0.2, 0.25) is 0 Å². The van der Waals surface area contributed by atoms with Gasteiger partial charge in [-0.15, -0.1) is 0 Å². The quantitative estimate of drug-likeness (QED) is 0.836. The molecule has 0 atom stereocenters. The van der Waals surface area contributed by atoms with Gasteiger partial charge in [-0.2, -0.15) is 5.10 Å². The van der Waals surface area contributed by atoms with Crippen molar-refractivity contribution in [3.05, 3.63) is 47.3 Å². The fourth-order valence-electron chi connectivity index (χ4n) is 2.22. The van der Waals surface area contributed by atoms with Crippen molar-refractivity contribution in [3.8, 4) is 0 Å². The average molecular weight is 257 g/mol. The summed E-state index contributed by atoms with van der Waals surface area (Å²) in [5, 5.41) is 7.68. The number of carbonyl (C=O) groups is 1. The molecular weight excluding hydrogens is 242 g/mol. The number of esters is 1. The minimum atomic E-state index is -0.364. The smallest absolute Gasteiger partial charge is 0.358 e. The summed E-state index contributed by atoms with van der Waals surface area (Å²) in [6, 6.07) is 9.90. The number of benzene rings is 1. The van der Waals surface area contributed by atoms with Crippen LogP contribution in [0.5, 0.6) is 0 Å². The average Bonchev–Trinajstić information content (AvgIpc) is 2.73. The lowest BCUT2D eigenvalue weighted by Crippen LogP contribution is -2.08. The second-order valence-corrected chi connectivity index (χ2v) is 4.41. The molecule has 2 aromatic rings. The van der Waals surface area contributed by atoms with Crippen LogP contribution in [-0.4, -0.2) is 22.4 Å². The molecule has 5 heteroatoms. The van der Waals surface area contributed by atoms with Gasteiger partial charge >= 0.3 is 5.97 Å². The van der Waals surface area contributed by atoms with E-state index in [1.54, 1.807) is 13.0 Å². The van der Waals surface area contributed by atoms with Crippen LogP contribution < -0.4 is 5.32 Å². The van der Waals surface area contributed by atoms with E-state index in [0.29, 0.717) is 25.4 Å². The van der Waals surface area contributed by atoms with E-state index in [9.17, 15) is 4.79 Å². The first-order valence-electron chi connectivity index (χ1n) is 6.33. The molecule has 0 aliphatic carbocycles. The van der Waals surface area contributed by atoms with Crippen molar-refractivity contribution in [2.45, 2.75) is 20.0 Å². The predicted octanol–water partition coefficient (Wildman–Crippen LogP) is 2.03. The Kier molecular flexibility index (Phi) is 2.95. The van der Waals surface area contributed by atoms with Crippen LogP contribution in [0, 0.1) is 0 Å². The number of hydrogen-bond acceptors (Lipinski definition) is 4. The Labute approximate surface area is 111 Å². The molecule has 0 unspecified atom stereocenters. The van der Waals surface area contributed by atoms with Gasteiger partial charge in [0.1, 0.15) is 0 Å². The van der Waals surface area contributed by atoms with E-state index in [0.717, 1.165) is 11.4 Å². The van der Waals surface area contributed by atoms with Crippen molar-refractivity contribution in [1.82, 2.24) is 9.78 Å². The summed E-state index contributed by atoms with van der Waals surface area (Å²) in [6.07, 6.45) is 0. The number of para-hydroxylation sites is 1. The lowest BCUT2D eigenvalue weighted by molar-refractivity contribution is 0.0518. The van der Waals surface area contributed by atoms with Crippen molar-refractivity contribution in [2.75, 3.05) is 11.9 Å². The summed E-state index contributed by atoms with van der Waals surface area (Å²) in [4.78, 5) is 11.7. The normalized spacial score (nSPS) is 12.9. The van der Waals surface area contributed by atoms with Gasteiger partial charge in [0, 0.05) is 5.69 Å². The molecule has 0 bridgehead atoms. The van der Waals surface area contributed by atoms with E-state index in [1.165, 1.54) is 5.56 Å². The van der Waals surface area contributed by atoms with Crippen LogP contribution in [0.15, 0.2) is 30.3 Å². The van der Waals surface area contributed by atoms with Gasteiger partial charge in [-0.05, 0) is 24.6 Å². The summed E-state index contributed by atoms with van der Waals surface area (Å²) in [7, 11) is 0. The third-order valence-electron chi connectivity index (χ3n) is 3.15. The Morgan fingerprint density at radius 1 is 1.47 bits per heavy atom. The molecule has 0 fully saturated rings. The summed E-state index contributed by atoms with van der Waals surface area (Å²) >= 11 is 0. The van der Waals surface area contributed by atoms with Crippen molar-refractivity contribution >= 4 is 11.7 Å². The molecule has 0 amide bonds. The van der Waals surface area contributed by atoms with Crippen LogP contribution in [0.2, 0.25) is 0 Å². The molecule has 1 aromatic heterocycles. The first-order chi connectivity index (χ1) is 9.28. The number of nitrogens with one attached hydrogen (secondary N) is 1. The van der Waals surface area contributed by atoms with Crippen molar-refractivity contribution in [2.24, 2.45) is 0 Å². The number of fused-ring (bicyclic) bond motifs is 2. The second-order valence-electron chi connectivity index (χ2n) is 4.41. The standard InChI is InChI=1S/C14H15N3O2/c1-2-19-14(18)13-7-11-8-15-12-6-4-3-5-10(12)9-17(11)16-13/h3-7,15H,2,8-9H2,1H3. The lowest BCUT2D eigenvalue weighted by Gasteiger charge is -2.05. The lowest BCUT2D eigenvalue weighted by atomic mass is 10.2. The number of anilines is 1. The molecule has 5 nitrogen and oxygen atoms in total. The molecule has 98 valence electrons. The maximum absolute atomic E-state index is 11.7. The first kappa shape index (κ1) is 11.8. The zero-order chi connectivity index (χ0) is 13.2. The Morgan fingerprint density at radius 2 is 2.32 bits per heavy atom. The molecule has 1 aliphatic rings. The minimum Gasteiger partial charge on any atom is -0.461 e. The third-order valence-corrected chi connectivity index (χ3v) is 3.15. The topological polar surface area (TPSA) is 56.2 Å². The van der Waals surface area contributed by atoms with Crippen LogP contribution in [0.3, 0.4) is 0 Å². The van der Waals surface area contributed by atoms with Crippen LogP contribution >= 0.6 is 0 Å². The van der Waals surface area contributed by atoms with Crippen molar-refractivity contribution in [1.29, 1.82) is 0 Å². The minimum absolute atomic E-state index is 0.363.